The first-order chi connectivity index (χ1) is 17.6. The second-order valence-electron chi connectivity index (χ2n) is 8.24. The number of carbonyl (C=O) groups is 1. The highest BCUT2D eigenvalue weighted by Gasteiger charge is 2.31. The number of furan rings is 1. The molecule has 4 nitrogen and oxygen atoms in total. The van der Waals surface area contributed by atoms with Gasteiger partial charge >= 0.3 is 5.97 Å². The lowest BCUT2D eigenvalue weighted by atomic mass is 9.90. The van der Waals surface area contributed by atoms with Crippen molar-refractivity contribution in [2.75, 3.05) is 6.61 Å². The van der Waals surface area contributed by atoms with Gasteiger partial charge in [0.25, 0.3) is 0 Å². The summed E-state index contributed by atoms with van der Waals surface area (Å²) in [6, 6.07) is 26.6. The lowest BCUT2D eigenvalue weighted by Gasteiger charge is -2.13. The third-order valence-corrected chi connectivity index (χ3v) is 5.88. The maximum Gasteiger partial charge on any atom is 0.342 e. The quantitative estimate of drug-likeness (QED) is 0.204. The monoisotopic (exact) mass is 478 g/mol. The molecule has 0 aliphatic carbocycles. The first kappa shape index (κ1) is 24.8. The van der Waals surface area contributed by atoms with Gasteiger partial charge in [0.1, 0.15) is 22.8 Å². The van der Waals surface area contributed by atoms with Crippen LogP contribution in [0, 0.1) is 0 Å². The third kappa shape index (κ3) is 5.03. The number of rotatable bonds is 8. The van der Waals surface area contributed by atoms with Gasteiger partial charge < -0.3 is 14.3 Å². The van der Waals surface area contributed by atoms with Crippen LogP contribution in [0.15, 0.2) is 101 Å². The first-order valence-electron chi connectivity index (χ1n) is 12.2. The maximum absolute atomic E-state index is 13.5. The van der Waals surface area contributed by atoms with Crippen molar-refractivity contribution in [1.82, 2.24) is 0 Å². The van der Waals surface area contributed by atoms with E-state index in [1.807, 2.05) is 92.7 Å². The summed E-state index contributed by atoms with van der Waals surface area (Å²) in [7, 11) is 0. The highest BCUT2D eigenvalue weighted by molar-refractivity contribution is 6.12. The summed E-state index contributed by atoms with van der Waals surface area (Å²) in [5.41, 5.74) is 5.27. The number of allylic oxidation sites excluding steroid dienone is 4. The number of aromatic hydroxyl groups is 1. The second kappa shape index (κ2) is 11.4. The average molecular weight is 479 g/mol. The fourth-order valence-electron chi connectivity index (χ4n) is 4.37. The van der Waals surface area contributed by atoms with Crippen LogP contribution in [0.2, 0.25) is 0 Å². The number of esters is 1. The Hall–Kier alpha value is -4.31. The molecular formula is C32H30O4. The van der Waals surface area contributed by atoms with Crippen LogP contribution < -0.4 is 0 Å². The number of carbonyl (C=O) groups excluding carboxylic acids is 1. The predicted molar refractivity (Wildman–Crippen MR) is 146 cm³/mol. The number of ether oxygens (including phenoxy) is 1. The zero-order chi connectivity index (χ0) is 25.5. The van der Waals surface area contributed by atoms with Crippen molar-refractivity contribution in [3.63, 3.8) is 0 Å². The molecule has 0 bridgehead atoms. The second-order valence-corrected chi connectivity index (χ2v) is 8.24. The average Bonchev–Trinajstić information content (AvgIpc) is 3.30. The summed E-state index contributed by atoms with van der Waals surface area (Å²) in [4.78, 5) is 13.5. The minimum absolute atomic E-state index is 0.169. The Bertz CT molecular complexity index is 1390. The van der Waals surface area contributed by atoms with Crippen LogP contribution >= 0.6 is 0 Å². The van der Waals surface area contributed by atoms with Crippen molar-refractivity contribution in [1.29, 1.82) is 0 Å². The molecule has 4 rings (SSSR count). The molecule has 36 heavy (non-hydrogen) atoms. The molecule has 0 unspecified atom stereocenters. The van der Waals surface area contributed by atoms with E-state index in [1.165, 1.54) is 0 Å². The Labute approximate surface area is 212 Å². The highest BCUT2D eigenvalue weighted by atomic mass is 16.5. The van der Waals surface area contributed by atoms with Crippen molar-refractivity contribution < 1.29 is 19.1 Å². The summed E-state index contributed by atoms with van der Waals surface area (Å²) in [6.45, 7) is 6.02. The van der Waals surface area contributed by atoms with Gasteiger partial charge in [-0.25, -0.2) is 4.79 Å². The molecule has 0 spiro atoms. The maximum atomic E-state index is 13.5. The molecule has 1 heterocycles. The van der Waals surface area contributed by atoms with Gasteiger partial charge in [-0.1, -0.05) is 91.9 Å². The largest absolute Gasteiger partial charge is 0.508 e. The van der Waals surface area contributed by atoms with E-state index in [0.717, 1.165) is 34.3 Å². The minimum Gasteiger partial charge on any atom is -0.508 e. The molecule has 182 valence electrons. The number of phenols is 1. The molecule has 0 saturated carbocycles. The van der Waals surface area contributed by atoms with Gasteiger partial charge in [0.2, 0.25) is 0 Å². The lowest BCUT2D eigenvalue weighted by molar-refractivity contribution is 0.0526. The standard InChI is InChI=1S/C32H30O4/c1-4-14-27(26(5-2)24-19-13-20-25(33)21-24)31-29(32(34)35-6-3)28(22-15-9-7-10-16-22)30(36-31)23-17-11-8-12-18-23/h5,7-21,33H,4,6H2,1-3H3/b26-5-,27-14+. The van der Waals surface area contributed by atoms with Crippen LogP contribution in [-0.4, -0.2) is 17.7 Å². The van der Waals surface area contributed by atoms with Crippen LogP contribution in [0.5, 0.6) is 5.75 Å². The van der Waals surface area contributed by atoms with E-state index in [9.17, 15) is 9.90 Å². The summed E-state index contributed by atoms with van der Waals surface area (Å²) >= 11 is 0. The number of hydrogen-bond donors (Lipinski definition) is 1. The highest BCUT2D eigenvalue weighted by Crippen LogP contribution is 2.45. The van der Waals surface area contributed by atoms with Crippen molar-refractivity contribution in [2.24, 2.45) is 0 Å². The third-order valence-electron chi connectivity index (χ3n) is 5.88. The molecule has 0 atom stereocenters. The molecule has 1 aromatic heterocycles. The summed E-state index contributed by atoms with van der Waals surface area (Å²) in [5.74, 6) is 0.783. The van der Waals surface area contributed by atoms with Crippen LogP contribution in [-0.2, 0) is 4.74 Å². The van der Waals surface area contributed by atoms with Gasteiger partial charge in [-0.3, -0.25) is 0 Å². The number of phenolic OH excluding ortho intramolecular Hbond substituents is 1. The Morgan fingerprint density at radius 2 is 1.56 bits per heavy atom. The molecule has 0 amide bonds. The van der Waals surface area contributed by atoms with Crippen molar-refractivity contribution >= 4 is 17.1 Å². The molecule has 1 N–H and O–H groups in total. The summed E-state index contributed by atoms with van der Waals surface area (Å²) < 4.78 is 12.2. The van der Waals surface area contributed by atoms with E-state index >= 15 is 0 Å². The van der Waals surface area contributed by atoms with E-state index in [1.54, 1.807) is 25.1 Å². The van der Waals surface area contributed by atoms with Crippen LogP contribution in [0.1, 0.15) is 48.9 Å². The van der Waals surface area contributed by atoms with E-state index in [2.05, 4.69) is 0 Å². The number of hydrogen-bond acceptors (Lipinski definition) is 4. The normalized spacial score (nSPS) is 12.0. The fraction of sp³-hybridized carbons (Fsp3) is 0.156. The van der Waals surface area contributed by atoms with Gasteiger partial charge in [0, 0.05) is 16.7 Å². The van der Waals surface area contributed by atoms with E-state index in [0.29, 0.717) is 22.6 Å². The van der Waals surface area contributed by atoms with Crippen LogP contribution in [0.25, 0.3) is 33.6 Å². The molecule has 0 radical (unpaired) electrons. The van der Waals surface area contributed by atoms with Crippen molar-refractivity contribution in [3.05, 3.63) is 114 Å². The van der Waals surface area contributed by atoms with Crippen LogP contribution in [0.4, 0.5) is 0 Å². The summed E-state index contributed by atoms with van der Waals surface area (Å²) in [5, 5.41) is 10.2. The number of benzene rings is 3. The zero-order valence-corrected chi connectivity index (χ0v) is 20.8. The minimum atomic E-state index is -0.439. The van der Waals surface area contributed by atoms with Crippen molar-refractivity contribution in [2.45, 2.75) is 27.2 Å². The topological polar surface area (TPSA) is 59.7 Å². The molecule has 3 aromatic carbocycles. The van der Waals surface area contributed by atoms with E-state index in [-0.39, 0.29) is 12.4 Å². The van der Waals surface area contributed by atoms with Gasteiger partial charge in [-0.05, 0) is 49.1 Å². The van der Waals surface area contributed by atoms with E-state index < -0.39 is 5.97 Å². The molecule has 0 fully saturated rings. The molecule has 4 aromatic rings. The molecule has 4 heteroatoms. The predicted octanol–water partition coefficient (Wildman–Crippen LogP) is 8.39. The Morgan fingerprint density at radius 1 is 0.889 bits per heavy atom. The lowest BCUT2D eigenvalue weighted by Crippen LogP contribution is -2.08. The first-order valence-corrected chi connectivity index (χ1v) is 12.2. The van der Waals surface area contributed by atoms with Gasteiger partial charge in [0.15, 0.2) is 0 Å². The fourth-order valence-corrected chi connectivity index (χ4v) is 4.37. The van der Waals surface area contributed by atoms with Crippen molar-refractivity contribution in [3.8, 4) is 28.2 Å². The molecule has 0 saturated heterocycles. The van der Waals surface area contributed by atoms with Crippen LogP contribution in [0.3, 0.4) is 0 Å². The molecule has 0 aliphatic rings. The van der Waals surface area contributed by atoms with Gasteiger partial charge in [0.05, 0.1) is 6.61 Å². The van der Waals surface area contributed by atoms with E-state index in [4.69, 9.17) is 9.15 Å². The molecule has 0 aliphatic heterocycles. The smallest absolute Gasteiger partial charge is 0.342 e. The SMILES string of the molecule is C/C=C(\C(=C/CC)c1oc(-c2ccccc2)c(-c2ccccc2)c1C(=O)OCC)c1cccc(O)c1. The van der Waals surface area contributed by atoms with Gasteiger partial charge in [-0.2, -0.15) is 0 Å². The Balaban J connectivity index is 2.07. The Morgan fingerprint density at radius 3 is 2.14 bits per heavy atom. The summed E-state index contributed by atoms with van der Waals surface area (Å²) in [6.07, 6.45) is 4.73. The zero-order valence-electron chi connectivity index (χ0n) is 20.8. The van der Waals surface area contributed by atoms with Gasteiger partial charge in [-0.15, -0.1) is 0 Å². The Kier molecular flexibility index (Phi) is 7.86. The molecular weight excluding hydrogens is 448 g/mol.